The number of benzene rings is 2. The Bertz CT molecular complexity index is 852. The molecule has 1 aliphatic carbocycles. The molecule has 2 atom stereocenters. The van der Waals surface area contributed by atoms with Gasteiger partial charge in [0.1, 0.15) is 5.76 Å². The third-order valence-corrected chi connectivity index (χ3v) is 6.22. The van der Waals surface area contributed by atoms with Crippen LogP contribution in [0.3, 0.4) is 0 Å². The maximum Gasteiger partial charge on any atom is 0.339 e. The standard InChI is InChI=1S/C25H28O3/c1-2-25(17-9-12-18-10-5-3-6-11-18)23(26)22(24(27)28-25)21(20-15-16-20)19-13-7-4-8-14-19/h3-8,10-11,13-14,20-21,26H,2,9,12,15-17H2,1H3. The molecule has 0 spiro atoms. The first kappa shape index (κ1) is 18.8. The van der Waals surface area contributed by atoms with Crippen LogP contribution < -0.4 is 0 Å². The second kappa shape index (κ2) is 7.83. The Morgan fingerprint density at radius 1 is 1.07 bits per heavy atom. The first-order chi connectivity index (χ1) is 13.6. The number of aryl methyl sites for hydroxylation is 1. The SMILES string of the molecule is CCC1(CCCc2ccccc2)OC(=O)C(C(c2ccccc2)C2CC2)=C1O. The molecule has 146 valence electrons. The van der Waals surface area contributed by atoms with E-state index in [0.717, 1.165) is 31.2 Å². The number of carbonyl (C=O) groups excluding carboxylic acids is 1. The Morgan fingerprint density at radius 3 is 2.32 bits per heavy atom. The smallest absolute Gasteiger partial charge is 0.339 e. The van der Waals surface area contributed by atoms with E-state index in [4.69, 9.17) is 4.74 Å². The summed E-state index contributed by atoms with van der Waals surface area (Å²) in [4.78, 5) is 12.9. The van der Waals surface area contributed by atoms with Gasteiger partial charge in [-0.2, -0.15) is 0 Å². The fourth-order valence-electron chi connectivity index (χ4n) is 4.47. The lowest BCUT2D eigenvalue weighted by Crippen LogP contribution is -2.31. The normalized spacial score (nSPS) is 23.0. The van der Waals surface area contributed by atoms with E-state index in [0.29, 0.717) is 24.3 Å². The highest BCUT2D eigenvalue weighted by Crippen LogP contribution is 2.51. The Balaban J connectivity index is 1.59. The van der Waals surface area contributed by atoms with E-state index in [1.807, 2.05) is 43.3 Å². The van der Waals surface area contributed by atoms with Crippen molar-refractivity contribution in [2.45, 2.75) is 57.0 Å². The number of ether oxygens (including phenoxy) is 1. The first-order valence-corrected chi connectivity index (χ1v) is 10.4. The van der Waals surface area contributed by atoms with E-state index >= 15 is 0 Å². The van der Waals surface area contributed by atoms with Crippen LogP contribution >= 0.6 is 0 Å². The maximum atomic E-state index is 12.9. The zero-order valence-electron chi connectivity index (χ0n) is 16.4. The summed E-state index contributed by atoms with van der Waals surface area (Å²) in [5, 5.41) is 11.2. The number of esters is 1. The van der Waals surface area contributed by atoms with E-state index < -0.39 is 5.60 Å². The minimum absolute atomic E-state index is 0.0590. The quantitative estimate of drug-likeness (QED) is 0.599. The van der Waals surface area contributed by atoms with Gasteiger partial charge in [-0.15, -0.1) is 0 Å². The molecule has 2 aromatic carbocycles. The van der Waals surface area contributed by atoms with Crippen LogP contribution in [-0.4, -0.2) is 16.7 Å². The van der Waals surface area contributed by atoms with Crippen molar-refractivity contribution in [1.82, 2.24) is 0 Å². The Labute approximate surface area is 167 Å². The van der Waals surface area contributed by atoms with E-state index in [9.17, 15) is 9.90 Å². The van der Waals surface area contributed by atoms with Crippen LogP contribution in [0.25, 0.3) is 0 Å². The molecule has 0 amide bonds. The number of rotatable bonds is 8. The zero-order chi connectivity index (χ0) is 19.6. The first-order valence-electron chi connectivity index (χ1n) is 10.4. The molecule has 2 aromatic rings. The third kappa shape index (κ3) is 3.58. The van der Waals surface area contributed by atoms with Gasteiger partial charge >= 0.3 is 5.97 Å². The summed E-state index contributed by atoms with van der Waals surface area (Å²) >= 11 is 0. The topological polar surface area (TPSA) is 46.5 Å². The summed E-state index contributed by atoms with van der Waals surface area (Å²) in [6.07, 6.45) is 5.20. The van der Waals surface area contributed by atoms with Crippen molar-refractivity contribution in [3.63, 3.8) is 0 Å². The number of aliphatic hydroxyl groups excluding tert-OH is 1. The third-order valence-electron chi connectivity index (χ3n) is 6.22. The molecule has 2 aliphatic rings. The van der Waals surface area contributed by atoms with Gasteiger partial charge in [0, 0.05) is 5.92 Å². The number of carbonyl (C=O) groups is 1. The monoisotopic (exact) mass is 376 g/mol. The van der Waals surface area contributed by atoms with E-state index in [-0.39, 0.29) is 17.6 Å². The predicted molar refractivity (Wildman–Crippen MR) is 110 cm³/mol. The lowest BCUT2D eigenvalue weighted by molar-refractivity contribution is -0.149. The maximum absolute atomic E-state index is 12.9. The molecule has 1 N–H and O–H groups in total. The van der Waals surface area contributed by atoms with Gasteiger partial charge in [-0.3, -0.25) is 0 Å². The average molecular weight is 376 g/mol. The average Bonchev–Trinajstić information content (AvgIpc) is 3.53. The molecule has 0 bridgehead atoms. The summed E-state index contributed by atoms with van der Waals surface area (Å²) in [7, 11) is 0. The summed E-state index contributed by atoms with van der Waals surface area (Å²) in [6, 6.07) is 20.4. The van der Waals surface area contributed by atoms with Gasteiger partial charge in [-0.1, -0.05) is 67.6 Å². The van der Waals surface area contributed by atoms with Crippen LogP contribution in [0.5, 0.6) is 0 Å². The minimum Gasteiger partial charge on any atom is -0.507 e. The second-order valence-corrected chi connectivity index (χ2v) is 8.06. The van der Waals surface area contributed by atoms with Crippen molar-refractivity contribution >= 4 is 5.97 Å². The molecule has 4 rings (SSSR count). The molecule has 0 aromatic heterocycles. The van der Waals surface area contributed by atoms with E-state index in [2.05, 4.69) is 24.3 Å². The van der Waals surface area contributed by atoms with Crippen LogP contribution in [0, 0.1) is 5.92 Å². The number of cyclic esters (lactones) is 1. The van der Waals surface area contributed by atoms with Crippen molar-refractivity contribution in [3.05, 3.63) is 83.1 Å². The summed E-state index contributed by atoms with van der Waals surface area (Å²) in [5.41, 5.74) is 1.99. The molecule has 28 heavy (non-hydrogen) atoms. The molecular weight excluding hydrogens is 348 g/mol. The second-order valence-electron chi connectivity index (χ2n) is 8.06. The molecule has 3 heteroatoms. The highest BCUT2D eigenvalue weighted by Gasteiger charge is 2.51. The zero-order valence-corrected chi connectivity index (χ0v) is 16.4. The molecule has 0 saturated heterocycles. The van der Waals surface area contributed by atoms with Crippen molar-refractivity contribution in [3.8, 4) is 0 Å². The highest BCUT2D eigenvalue weighted by molar-refractivity contribution is 5.94. The summed E-state index contributed by atoms with van der Waals surface area (Å²) in [5.74, 6) is 0.203. The molecule has 1 aliphatic heterocycles. The van der Waals surface area contributed by atoms with Gasteiger partial charge in [0.25, 0.3) is 0 Å². The van der Waals surface area contributed by atoms with Gasteiger partial charge in [0.15, 0.2) is 5.60 Å². The Morgan fingerprint density at radius 2 is 1.71 bits per heavy atom. The number of hydrogen-bond acceptors (Lipinski definition) is 3. The molecular formula is C25H28O3. The molecule has 1 fully saturated rings. The summed E-state index contributed by atoms with van der Waals surface area (Å²) < 4.78 is 5.88. The Hall–Kier alpha value is -2.55. The van der Waals surface area contributed by atoms with E-state index in [1.54, 1.807) is 0 Å². The molecule has 1 saturated carbocycles. The van der Waals surface area contributed by atoms with Gasteiger partial charge in [0.2, 0.25) is 0 Å². The fourth-order valence-corrected chi connectivity index (χ4v) is 4.47. The number of hydrogen-bond donors (Lipinski definition) is 1. The minimum atomic E-state index is -0.872. The molecule has 2 unspecified atom stereocenters. The van der Waals surface area contributed by atoms with Gasteiger partial charge in [-0.05, 0) is 55.6 Å². The van der Waals surface area contributed by atoms with Gasteiger partial charge in [-0.25, -0.2) is 4.79 Å². The van der Waals surface area contributed by atoms with Crippen LogP contribution in [0.4, 0.5) is 0 Å². The fraction of sp³-hybridized carbons (Fsp3) is 0.400. The van der Waals surface area contributed by atoms with E-state index in [1.165, 1.54) is 5.56 Å². The summed E-state index contributed by atoms with van der Waals surface area (Å²) in [6.45, 7) is 1.99. The molecule has 0 radical (unpaired) electrons. The Kier molecular flexibility index (Phi) is 5.25. The van der Waals surface area contributed by atoms with Crippen LogP contribution in [0.1, 0.15) is 56.1 Å². The lowest BCUT2D eigenvalue weighted by Gasteiger charge is -2.27. The number of aliphatic hydroxyl groups is 1. The van der Waals surface area contributed by atoms with Crippen molar-refractivity contribution < 1.29 is 14.6 Å². The van der Waals surface area contributed by atoms with Crippen molar-refractivity contribution in [2.24, 2.45) is 5.92 Å². The largest absolute Gasteiger partial charge is 0.507 e. The predicted octanol–water partition coefficient (Wildman–Crippen LogP) is 5.72. The molecule has 1 heterocycles. The molecule has 3 nitrogen and oxygen atoms in total. The lowest BCUT2D eigenvalue weighted by atomic mass is 9.82. The highest BCUT2D eigenvalue weighted by atomic mass is 16.6. The van der Waals surface area contributed by atoms with Crippen LogP contribution in [0.2, 0.25) is 0 Å². The van der Waals surface area contributed by atoms with Gasteiger partial charge in [0.05, 0.1) is 5.57 Å². The van der Waals surface area contributed by atoms with Crippen molar-refractivity contribution in [2.75, 3.05) is 0 Å². The van der Waals surface area contributed by atoms with Crippen molar-refractivity contribution in [1.29, 1.82) is 0 Å². The van der Waals surface area contributed by atoms with Crippen LogP contribution in [0.15, 0.2) is 72.0 Å². The van der Waals surface area contributed by atoms with Crippen LogP contribution in [-0.2, 0) is 16.0 Å². The van der Waals surface area contributed by atoms with Gasteiger partial charge < -0.3 is 9.84 Å².